The molecule has 2 N–H and O–H groups in total. The van der Waals surface area contributed by atoms with Crippen molar-refractivity contribution in [1.82, 2.24) is 4.31 Å². The molecule has 0 saturated carbocycles. The maximum absolute atomic E-state index is 12.3. The predicted octanol–water partition coefficient (Wildman–Crippen LogP) is 1.64. The van der Waals surface area contributed by atoms with E-state index in [-0.39, 0.29) is 24.0 Å². The summed E-state index contributed by atoms with van der Waals surface area (Å²) in [6.07, 6.45) is 0. The third kappa shape index (κ3) is 3.80. The number of hydrogen-bond acceptors (Lipinski definition) is 5. The van der Waals surface area contributed by atoms with E-state index in [2.05, 4.69) is 0 Å². The summed E-state index contributed by atoms with van der Waals surface area (Å²) in [5.41, 5.74) is 4.90. The van der Waals surface area contributed by atoms with Crippen LogP contribution in [-0.2, 0) is 10.0 Å². The molecule has 0 heterocycles. The fourth-order valence-corrected chi connectivity index (χ4v) is 3.18. The van der Waals surface area contributed by atoms with Gasteiger partial charge in [-0.25, -0.2) is 8.42 Å². The highest BCUT2D eigenvalue weighted by Gasteiger charge is 2.31. The van der Waals surface area contributed by atoms with Crippen molar-refractivity contribution in [3.8, 4) is 0 Å². The highest BCUT2D eigenvalue weighted by atomic mass is 35.5. The summed E-state index contributed by atoms with van der Waals surface area (Å²) in [6.45, 7) is 1.71. The lowest BCUT2D eigenvalue weighted by atomic mass is 10.3. The molecule has 0 aromatic heterocycles. The van der Waals surface area contributed by atoms with Gasteiger partial charge < -0.3 is 5.73 Å². The molecule has 1 aromatic carbocycles. The fourth-order valence-electron chi connectivity index (χ4n) is 1.39. The van der Waals surface area contributed by atoms with Crippen molar-refractivity contribution < 1.29 is 13.3 Å². The van der Waals surface area contributed by atoms with Crippen molar-refractivity contribution in [1.29, 1.82) is 0 Å². The minimum absolute atomic E-state index is 0. The van der Waals surface area contributed by atoms with Gasteiger partial charge in [-0.15, -0.1) is 12.4 Å². The first-order valence-corrected chi connectivity index (χ1v) is 7.15. The average molecular weight is 344 g/mol. The molecular weight excluding hydrogens is 329 g/mol. The van der Waals surface area contributed by atoms with Gasteiger partial charge in [0.2, 0.25) is 10.0 Å². The Morgan fingerprint density at radius 1 is 1.50 bits per heavy atom. The molecule has 0 radical (unpaired) electrons. The van der Waals surface area contributed by atoms with Crippen LogP contribution in [0.5, 0.6) is 0 Å². The van der Waals surface area contributed by atoms with Crippen molar-refractivity contribution in [3.63, 3.8) is 0 Å². The van der Waals surface area contributed by atoms with Gasteiger partial charge in [-0.05, 0) is 19.1 Å². The number of nitro groups is 1. The van der Waals surface area contributed by atoms with Crippen LogP contribution in [0.1, 0.15) is 6.92 Å². The van der Waals surface area contributed by atoms with Crippen LogP contribution < -0.4 is 5.73 Å². The van der Waals surface area contributed by atoms with E-state index < -0.39 is 31.6 Å². The second-order valence-corrected chi connectivity index (χ2v) is 6.38. The van der Waals surface area contributed by atoms with Crippen molar-refractivity contribution in [2.75, 3.05) is 13.6 Å². The van der Waals surface area contributed by atoms with Gasteiger partial charge in [0.05, 0.1) is 4.92 Å². The summed E-state index contributed by atoms with van der Waals surface area (Å²) in [4.78, 5) is 9.70. The molecule has 0 amide bonds. The molecule has 20 heavy (non-hydrogen) atoms. The summed E-state index contributed by atoms with van der Waals surface area (Å²) in [5.74, 6) is 0. The van der Waals surface area contributed by atoms with Crippen LogP contribution in [0.3, 0.4) is 0 Å². The molecule has 0 aliphatic heterocycles. The van der Waals surface area contributed by atoms with Crippen molar-refractivity contribution in [3.05, 3.63) is 33.3 Å². The van der Waals surface area contributed by atoms with Gasteiger partial charge in [0.1, 0.15) is 0 Å². The molecule has 0 fully saturated rings. The largest absolute Gasteiger partial charge is 0.329 e. The SMILES string of the molecule is CC(CN)N(C)S(=O)(=O)c1cc(Cl)ccc1[N+](=O)[O-].Cl. The van der Waals surface area contributed by atoms with Crippen LogP contribution in [0, 0.1) is 10.1 Å². The zero-order valence-electron chi connectivity index (χ0n) is 10.8. The van der Waals surface area contributed by atoms with E-state index in [0.717, 1.165) is 16.4 Å². The standard InChI is InChI=1S/C10H14ClN3O4S.ClH/c1-7(6-12)13(2)19(17,18)10-5-8(11)3-4-9(10)14(15)16;/h3-5,7H,6,12H2,1-2H3;1H. The summed E-state index contributed by atoms with van der Waals surface area (Å²) in [7, 11) is -2.70. The summed E-state index contributed by atoms with van der Waals surface area (Å²) >= 11 is 5.72. The van der Waals surface area contributed by atoms with Gasteiger partial charge in [0, 0.05) is 30.7 Å². The number of nitro benzene ring substituents is 1. The van der Waals surface area contributed by atoms with Crippen molar-refractivity contribution in [2.45, 2.75) is 17.9 Å². The van der Waals surface area contributed by atoms with Gasteiger partial charge in [-0.3, -0.25) is 10.1 Å². The molecule has 7 nitrogen and oxygen atoms in total. The van der Waals surface area contributed by atoms with E-state index in [0.29, 0.717) is 0 Å². The second-order valence-electron chi connectivity index (χ2n) is 3.98. The van der Waals surface area contributed by atoms with Crippen LogP contribution >= 0.6 is 24.0 Å². The highest BCUT2D eigenvalue weighted by molar-refractivity contribution is 7.89. The Bertz CT molecular complexity index is 594. The smallest absolute Gasteiger partial charge is 0.289 e. The first-order chi connectivity index (χ1) is 8.71. The number of hydrogen-bond donors (Lipinski definition) is 1. The van der Waals surface area contributed by atoms with Crippen LogP contribution in [0.25, 0.3) is 0 Å². The number of halogens is 2. The van der Waals surface area contributed by atoms with Crippen LogP contribution in [0.2, 0.25) is 5.02 Å². The summed E-state index contributed by atoms with van der Waals surface area (Å²) in [6, 6.07) is 2.92. The zero-order valence-corrected chi connectivity index (χ0v) is 13.2. The van der Waals surface area contributed by atoms with E-state index in [1.807, 2.05) is 0 Å². The third-order valence-corrected chi connectivity index (χ3v) is 4.97. The van der Waals surface area contributed by atoms with Crippen LogP contribution in [-0.4, -0.2) is 37.3 Å². The molecule has 1 atom stereocenters. The lowest BCUT2D eigenvalue weighted by Gasteiger charge is -2.22. The Labute approximate surface area is 128 Å². The molecule has 114 valence electrons. The monoisotopic (exact) mass is 343 g/mol. The number of likely N-dealkylation sites (N-methyl/N-ethyl adjacent to an activating group) is 1. The Morgan fingerprint density at radius 2 is 2.05 bits per heavy atom. The van der Waals surface area contributed by atoms with E-state index in [1.54, 1.807) is 6.92 Å². The molecule has 0 bridgehead atoms. The Kier molecular flexibility index (Phi) is 6.85. The first kappa shape index (κ1) is 19.1. The van der Waals surface area contributed by atoms with E-state index in [1.165, 1.54) is 13.1 Å². The van der Waals surface area contributed by atoms with E-state index in [4.69, 9.17) is 17.3 Å². The Balaban J connectivity index is 0.00000361. The Hall–Kier alpha value is -0.930. The number of benzene rings is 1. The van der Waals surface area contributed by atoms with Gasteiger partial charge in [0.25, 0.3) is 5.69 Å². The molecule has 1 rings (SSSR count). The zero-order chi connectivity index (χ0) is 14.8. The number of nitrogens with zero attached hydrogens (tertiary/aromatic N) is 2. The van der Waals surface area contributed by atoms with Crippen molar-refractivity contribution >= 4 is 39.7 Å². The van der Waals surface area contributed by atoms with Gasteiger partial charge in [0.15, 0.2) is 4.90 Å². The van der Waals surface area contributed by atoms with Crippen LogP contribution in [0.15, 0.2) is 23.1 Å². The quantitative estimate of drug-likeness (QED) is 0.645. The summed E-state index contributed by atoms with van der Waals surface area (Å²) in [5, 5.41) is 11.0. The molecule has 0 spiro atoms. The maximum atomic E-state index is 12.3. The van der Waals surface area contributed by atoms with Gasteiger partial charge in [-0.1, -0.05) is 11.6 Å². The average Bonchev–Trinajstić information content (AvgIpc) is 2.36. The molecule has 1 unspecified atom stereocenters. The minimum Gasteiger partial charge on any atom is -0.329 e. The van der Waals surface area contributed by atoms with Crippen molar-refractivity contribution in [2.24, 2.45) is 5.73 Å². The van der Waals surface area contributed by atoms with E-state index in [9.17, 15) is 18.5 Å². The van der Waals surface area contributed by atoms with Gasteiger partial charge >= 0.3 is 0 Å². The van der Waals surface area contributed by atoms with E-state index >= 15 is 0 Å². The minimum atomic E-state index is -4.02. The molecule has 0 aliphatic carbocycles. The maximum Gasteiger partial charge on any atom is 0.289 e. The molecule has 10 heteroatoms. The van der Waals surface area contributed by atoms with Crippen LogP contribution in [0.4, 0.5) is 5.69 Å². The highest BCUT2D eigenvalue weighted by Crippen LogP contribution is 2.29. The number of sulfonamides is 1. The number of nitrogens with two attached hydrogens (primary N) is 1. The molecule has 0 saturated heterocycles. The third-order valence-electron chi connectivity index (χ3n) is 2.74. The first-order valence-electron chi connectivity index (χ1n) is 5.34. The topological polar surface area (TPSA) is 107 Å². The molecule has 1 aromatic rings. The van der Waals surface area contributed by atoms with Gasteiger partial charge in [-0.2, -0.15) is 4.31 Å². The Morgan fingerprint density at radius 3 is 2.50 bits per heavy atom. The fraction of sp³-hybridized carbons (Fsp3) is 0.400. The lowest BCUT2D eigenvalue weighted by Crippen LogP contribution is -2.39. The predicted molar refractivity (Wildman–Crippen MR) is 78.8 cm³/mol. The molecule has 0 aliphatic rings. The molecular formula is C10H15Cl2N3O4S. The number of rotatable bonds is 5. The summed E-state index contributed by atoms with van der Waals surface area (Å²) < 4.78 is 25.6. The normalized spacial score (nSPS) is 12.8. The second kappa shape index (κ2) is 7.19. The lowest BCUT2D eigenvalue weighted by molar-refractivity contribution is -0.387.